The van der Waals surface area contributed by atoms with Gasteiger partial charge in [0.05, 0.1) is 4.90 Å². The summed E-state index contributed by atoms with van der Waals surface area (Å²) in [5.41, 5.74) is 0. The van der Waals surface area contributed by atoms with Gasteiger partial charge in [-0.05, 0) is 13.0 Å². The Morgan fingerprint density at radius 1 is 1.35 bits per heavy atom. The highest BCUT2D eigenvalue weighted by Crippen LogP contribution is 2.32. The second-order valence-corrected chi connectivity index (χ2v) is 9.96. The van der Waals surface area contributed by atoms with Crippen molar-refractivity contribution in [3.8, 4) is 0 Å². The van der Waals surface area contributed by atoms with Gasteiger partial charge < -0.3 is 5.11 Å². The van der Waals surface area contributed by atoms with Crippen LogP contribution >= 0.6 is 23.1 Å². The zero-order valence-corrected chi connectivity index (χ0v) is 13.9. The molecule has 1 aromatic rings. The molecule has 0 saturated carbocycles. The zero-order valence-electron chi connectivity index (χ0n) is 11.5. The molecular formula is C12H17NO4S3. The molecule has 2 rings (SSSR count). The van der Waals surface area contributed by atoms with E-state index in [1.807, 2.05) is 13.8 Å². The van der Waals surface area contributed by atoms with E-state index in [2.05, 4.69) is 0 Å². The van der Waals surface area contributed by atoms with Gasteiger partial charge in [0.15, 0.2) is 0 Å². The molecule has 2 heterocycles. The number of sulfonamides is 1. The standard InChI is InChI=1S/C12H17NO4S3/c1-7-5-13(6-8(2)18-7)20(16,17)11-4-10(12(14)15)19-9(11)3/h4,7-8H,5-6H2,1-3H3,(H,14,15). The first kappa shape index (κ1) is 15.8. The van der Waals surface area contributed by atoms with Crippen molar-refractivity contribution >= 4 is 39.1 Å². The summed E-state index contributed by atoms with van der Waals surface area (Å²) >= 11 is 2.78. The molecule has 1 aliphatic rings. The molecule has 0 radical (unpaired) electrons. The lowest BCUT2D eigenvalue weighted by molar-refractivity contribution is 0.0702. The van der Waals surface area contributed by atoms with Gasteiger partial charge in [0.25, 0.3) is 0 Å². The second kappa shape index (κ2) is 5.67. The zero-order chi connectivity index (χ0) is 15.1. The van der Waals surface area contributed by atoms with Gasteiger partial charge in [0.2, 0.25) is 10.0 Å². The van der Waals surface area contributed by atoms with Crippen LogP contribution in [-0.2, 0) is 10.0 Å². The van der Waals surface area contributed by atoms with E-state index in [4.69, 9.17) is 5.11 Å². The number of aromatic carboxylic acids is 1. The average Bonchev–Trinajstić information content (AvgIpc) is 2.71. The number of nitrogens with zero attached hydrogens (tertiary/aromatic N) is 1. The Balaban J connectivity index is 2.37. The van der Waals surface area contributed by atoms with Crippen molar-refractivity contribution in [2.24, 2.45) is 0 Å². The number of thioether (sulfide) groups is 1. The van der Waals surface area contributed by atoms with Gasteiger partial charge in [-0.2, -0.15) is 16.1 Å². The Morgan fingerprint density at radius 3 is 2.35 bits per heavy atom. The molecule has 0 aliphatic carbocycles. The summed E-state index contributed by atoms with van der Waals surface area (Å²) in [7, 11) is -3.60. The van der Waals surface area contributed by atoms with Crippen LogP contribution in [0.3, 0.4) is 0 Å². The van der Waals surface area contributed by atoms with Crippen molar-refractivity contribution in [2.75, 3.05) is 13.1 Å². The molecule has 0 aromatic carbocycles. The van der Waals surface area contributed by atoms with E-state index in [0.29, 0.717) is 18.0 Å². The van der Waals surface area contributed by atoms with Gasteiger partial charge in [-0.1, -0.05) is 13.8 Å². The van der Waals surface area contributed by atoms with Crippen LogP contribution in [0.5, 0.6) is 0 Å². The molecule has 5 nitrogen and oxygen atoms in total. The molecule has 0 spiro atoms. The van der Waals surface area contributed by atoms with Crippen molar-refractivity contribution in [2.45, 2.75) is 36.2 Å². The highest BCUT2D eigenvalue weighted by atomic mass is 32.2. The van der Waals surface area contributed by atoms with Crippen molar-refractivity contribution in [1.82, 2.24) is 4.31 Å². The maximum atomic E-state index is 12.7. The third kappa shape index (κ3) is 3.03. The molecular weight excluding hydrogens is 318 g/mol. The number of carboxylic acid groups (broad SMARTS) is 1. The molecule has 1 aromatic heterocycles. The van der Waals surface area contributed by atoms with Gasteiger partial charge in [-0.15, -0.1) is 11.3 Å². The first-order valence-corrected chi connectivity index (χ1v) is 9.41. The van der Waals surface area contributed by atoms with Crippen LogP contribution in [-0.4, -0.2) is 47.4 Å². The quantitative estimate of drug-likeness (QED) is 0.917. The number of hydrogen-bond donors (Lipinski definition) is 1. The van der Waals surface area contributed by atoms with E-state index in [0.717, 1.165) is 11.3 Å². The van der Waals surface area contributed by atoms with Crippen LogP contribution in [0.2, 0.25) is 0 Å². The summed E-state index contributed by atoms with van der Waals surface area (Å²) in [6.45, 7) is 6.59. The molecule has 1 fully saturated rings. The lowest BCUT2D eigenvalue weighted by Crippen LogP contribution is -2.43. The Labute approximate surface area is 127 Å². The van der Waals surface area contributed by atoms with Gasteiger partial charge in [-0.3, -0.25) is 0 Å². The fraction of sp³-hybridized carbons (Fsp3) is 0.583. The van der Waals surface area contributed by atoms with E-state index in [9.17, 15) is 13.2 Å². The van der Waals surface area contributed by atoms with Crippen LogP contribution < -0.4 is 0 Å². The third-order valence-corrected chi connectivity index (χ3v) is 7.44. The predicted molar refractivity (Wildman–Crippen MR) is 81.3 cm³/mol. The predicted octanol–water partition coefficient (Wildman–Crippen LogP) is 2.27. The monoisotopic (exact) mass is 335 g/mol. The molecule has 112 valence electrons. The summed E-state index contributed by atoms with van der Waals surface area (Å²) in [5.74, 6) is -1.09. The van der Waals surface area contributed by atoms with Crippen LogP contribution in [0.15, 0.2) is 11.0 Å². The summed E-state index contributed by atoms with van der Waals surface area (Å²) in [5, 5.41) is 9.47. The van der Waals surface area contributed by atoms with Crippen molar-refractivity contribution < 1.29 is 18.3 Å². The molecule has 0 bridgehead atoms. The molecule has 0 amide bonds. The van der Waals surface area contributed by atoms with E-state index in [1.54, 1.807) is 18.7 Å². The maximum absolute atomic E-state index is 12.7. The fourth-order valence-corrected chi connectivity index (χ4v) is 6.82. The fourth-order valence-electron chi connectivity index (χ4n) is 2.29. The summed E-state index contributed by atoms with van der Waals surface area (Å²) in [6.07, 6.45) is 0. The second-order valence-electron chi connectivity index (χ2n) is 4.92. The van der Waals surface area contributed by atoms with Crippen LogP contribution in [0.1, 0.15) is 28.4 Å². The van der Waals surface area contributed by atoms with Crippen molar-refractivity contribution in [1.29, 1.82) is 0 Å². The number of aryl methyl sites for hydroxylation is 1. The number of carbonyl (C=O) groups is 1. The van der Waals surface area contributed by atoms with Crippen molar-refractivity contribution in [3.63, 3.8) is 0 Å². The maximum Gasteiger partial charge on any atom is 0.345 e. The van der Waals surface area contributed by atoms with E-state index in [1.165, 1.54) is 10.4 Å². The van der Waals surface area contributed by atoms with Crippen molar-refractivity contribution in [3.05, 3.63) is 15.8 Å². The van der Waals surface area contributed by atoms with Gasteiger partial charge in [0.1, 0.15) is 4.88 Å². The lowest BCUT2D eigenvalue weighted by Gasteiger charge is -2.33. The summed E-state index contributed by atoms with van der Waals surface area (Å²) in [6, 6.07) is 1.27. The number of rotatable bonds is 3. The third-order valence-electron chi connectivity index (χ3n) is 3.09. The van der Waals surface area contributed by atoms with Gasteiger partial charge in [0, 0.05) is 28.5 Å². The molecule has 1 N–H and O–H groups in total. The minimum atomic E-state index is -3.60. The SMILES string of the molecule is Cc1sc(C(=O)O)cc1S(=O)(=O)N1CC(C)SC(C)C1. The van der Waals surface area contributed by atoms with E-state index in [-0.39, 0.29) is 20.3 Å². The normalized spacial score (nSPS) is 24.8. The Morgan fingerprint density at radius 2 is 1.90 bits per heavy atom. The minimum Gasteiger partial charge on any atom is -0.477 e. The largest absolute Gasteiger partial charge is 0.477 e. The van der Waals surface area contributed by atoms with Crippen LogP contribution in [0.25, 0.3) is 0 Å². The summed E-state index contributed by atoms with van der Waals surface area (Å²) < 4.78 is 26.8. The Hall–Kier alpha value is -0.570. The van der Waals surface area contributed by atoms with Crippen LogP contribution in [0.4, 0.5) is 0 Å². The number of carboxylic acids is 1. The van der Waals surface area contributed by atoms with Crippen LogP contribution in [0, 0.1) is 6.92 Å². The first-order valence-electron chi connectivity index (χ1n) is 6.21. The van der Waals surface area contributed by atoms with E-state index >= 15 is 0 Å². The summed E-state index contributed by atoms with van der Waals surface area (Å²) in [4.78, 5) is 11.7. The number of hydrogen-bond acceptors (Lipinski definition) is 5. The molecule has 2 unspecified atom stereocenters. The first-order chi connectivity index (χ1) is 9.21. The molecule has 1 saturated heterocycles. The number of thiophene rings is 1. The highest BCUT2D eigenvalue weighted by molar-refractivity contribution is 8.00. The Kier molecular flexibility index (Phi) is 4.48. The molecule has 1 aliphatic heterocycles. The topological polar surface area (TPSA) is 74.7 Å². The van der Waals surface area contributed by atoms with Gasteiger partial charge >= 0.3 is 5.97 Å². The molecule has 8 heteroatoms. The van der Waals surface area contributed by atoms with E-state index < -0.39 is 16.0 Å². The smallest absolute Gasteiger partial charge is 0.345 e. The average molecular weight is 335 g/mol. The highest BCUT2D eigenvalue weighted by Gasteiger charge is 2.34. The van der Waals surface area contributed by atoms with Gasteiger partial charge in [-0.25, -0.2) is 13.2 Å². The Bertz CT molecular complexity index is 613. The molecule has 20 heavy (non-hydrogen) atoms. The lowest BCUT2D eigenvalue weighted by atomic mass is 10.4. The minimum absolute atomic E-state index is 0.0635. The molecule has 2 atom stereocenters.